The molecule has 1 aliphatic rings. The van der Waals surface area contributed by atoms with Crippen LogP contribution in [0.25, 0.3) is 0 Å². The van der Waals surface area contributed by atoms with E-state index in [9.17, 15) is 17.6 Å². The lowest BCUT2D eigenvalue weighted by molar-refractivity contribution is -0.129. The smallest absolute Gasteiger partial charge is 0.257 e. The summed E-state index contributed by atoms with van der Waals surface area (Å²) in [6.07, 6.45) is 0. The zero-order chi connectivity index (χ0) is 18.0. The molecule has 1 saturated heterocycles. The van der Waals surface area contributed by atoms with E-state index in [1.165, 1.54) is 11.8 Å². The molecule has 0 bridgehead atoms. The lowest BCUT2D eigenvalue weighted by Crippen LogP contribution is -2.44. The van der Waals surface area contributed by atoms with Crippen molar-refractivity contribution in [1.29, 1.82) is 0 Å². The number of carbonyl (C=O) groups excluding carboxylic acids is 1. The Kier molecular flexibility index (Phi) is 4.98. The fraction of sp³-hybridized carbons (Fsp3) is 0.188. The number of hydrogen-bond donors (Lipinski definition) is 1. The second-order valence-electron chi connectivity index (χ2n) is 5.25. The van der Waals surface area contributed by atoms with Crippen molar-refractivity contribution in [3.05, 3.63) is 59.9 Å². The number of halogens is 1. The van der Waals surface area contributed by atoms with Crippen molar-refractivity contribution >= 4 is 27.7 Å². The number of rotatable bonds is 5. The molecule has 0 aliphatic carbocycles. The van der Waals surface area contributed by atoms with Crippen LogP contribution >= 0.6 is 11.8 Å². The number of carbonyl (C=O) groups is 1. The average molecular weight is 382 g/mol. The third-order valence-corrected chi connectivity index (χ3v) is 6.15. The highest BCUT2D eigenvalue weighted by Crippen LogP contribution is 2.38. The lowest BCUT2D eigenvalue weighted by Gasteiger charge is -2.24. The van der Waals surface area contributed by atoms with Gasteiger partial charge in [0.15, 0.2) is 0 Å². The fourth-order valence-electron chi connectivity index (χ4n) is 2.33. The number of thioether (sulfide) groups is 1. The van der Waals surface area contributed by atoms with E-state index in [0.717, 1.165) is 34.8 Å². The Morgan fingerprint density at radius 1 is 1.16 bits per heavy atom. The summed E-state index contributed by atoms with van der Waals surface area (Å²) in [5, 5.41) is 0.596. The van der Waals surface area contributed by atoms with E-state index in [1.54, 1.807) is 31.4 Å². The van der Waals surface area contributed by atoms with Crippen molar-refractivity contribution in [2.24, 2.45) is 0 Å². The normalized spacial score (nSPS) is 17.8. The van der Waals surface area contributed by atoms with Gasteiger partial charge in [-0.1, -0.05) is 12.1 Å². The molecular formula is C16H15FN2O4S2. The van der Waals surface area contributed by atoms with Crippen molar-refractivity contribution < 1.29 is 22.3 Å². The van der Waals surface area contributed by atoms with Gasteiger partial charge in [0.1, 0.15) is 16.9 Å². The monoisotopic (exact) mass is 382 g/mol. The minimum absolute atomic E-state index is 0.118. The van der Waals surface area contributed by atoms with E-state index in [4.69, 9.17) is 4.74 Å². The first-order chi connectivity index (χ1) is 11.9. The number of methoxy groups -OCH3 is 1. The van der Waals surface area contributed by atoms with Gasteiger partial charge in [-0.15, -0.1) is 16.6 Å². The molecule has 1 N–H and O–H groups in total. The lowest BCUT2D eigenvalue weighted by atomic mass is 10.2. The molecule has 132 valence electrons. The molecule has 1 atom stereocenters. The second kappa shape index (κ2) is 7.03. The van der Waals surface area contributed by atoms with Crippen LogP contribution in [0, 0.1) is 5.82 Å². The quantitative estimate of drug-likeness (QED) is 0.859. The highest BCUT2D eigenvalue weighted by Gasteiger charge is 2.36. The Bertz CT molecular complexity index is 870. The number of hydrogen-bond acceptors (Lipinski definition) is 5. The van der Waals surface area contributed by atoms with Crippen LogP contribution in [0.2, 0.25) is 0 Å². The van der Waals surface area contributed by atoms with Crippen LogP contribution < -0.4 is 9.57 Å². The van der Waals surface area contributed by atoms with Crippen LogP contribution in [-0.4, -0.2) is 32.2 Å². The van der Waals surface area contributed by atoms with Crippen molar-refractivity contribution in [2.75, 3.05) is 12.9 Å². The van der Waals surface area contributed by atoms with E-state index < -0.39 is 21.2 Å². The maximum absolute atomic E-state index is 13.0. The molecule has 1 fully saturated rings. The average Bonchev–Trinajstić information content (AvgIpc) is 2.95. The van der Waals surface area contributed by atoms with Gasteiger partial charge >= 0.3 is 0 Å². The molecular weight excluding hydrogens is 367 g/mol. The minimum Gasteiger partial charge on any atom is -0.497 e. The van der Waals surface area contributed by atoms with Crippen molar-refractivity contribution in [3.8, 4) is 5.75 Å². The first-order valence-electron chi connectivity index (χ1n) is 7.26. The van der Waals surface area contributed by atoms with Crippen LogP contribution in [0.4, 0.5) is 4.39 Å². The highest BCUT2D eigenvalue weighted by molar-refractivity contribution is 8.00. The third-order valence-electron chi connectivity index (χ3n) is 3.61. The maximum atomic E-state index is 13.0. The Morgan fingerprint density at radius 2 is 1.80 bits per heavy atom. The molecule has 1 amide bonds. The number of sulfonamides is 1. The number of amides is 1. The van der Waals surface area contributed by atoms with E-state index >= 15 is 0 Å². The molecule has 3 rings (SSSR count). The topological polar surface area (TPSA) is 75.7 Å². The summed E-state index contributed by atoms with van der Waals surface area (Å²) in [6.45, 7) is 0. The van der Waals surface area contributed by atoms with Crippen LogP contribution in [0.5, 0.6) is 5.75 Å². The highest BCUT2D eigenvalue weighted by atomic mass is 32.2. The first-order valence-corrected chi connectivity index (χ1v) is 9.79. The summed E-state index contributed by atoms with van der Waals surface area (Å²) >= 11 is 1.31. The van der Waals surface area contributed by atoms with E-state index in [1.807, 2.05) is 0 Å². The Hall–Kier alpha value is -2.10. The largest absolute Gasteiger partial charge is 0.497 e. The Labute approximate surface area is 149 Å². The van der Waals surface area contributed by atoms with Gasteiger partial charge in [0.05, 0.1) is 17.8 Å². The maximum Gasteiger partial charge on any atom is 0.257 e. The van der Waals surface area contributed by atoms with E-state index in [2.05, 4.69) is 4.83 Å². The molecule has 25 heavy (non-hydrogen) atoms. The van der Waals surface area contributed by atoms with Gasteiger partial charge in [-0.3, -0.25) is 4.79 Å². The molecule has 6 nitrogen and oxygen atoms in total. The zero-order valence-electron chi connectivity index (χ0n) is 13.2. The summed E-state index contributed by atoms with van der Waals surface area (Å²) in [5.74, 6) is -0.0706. The molecule has 1 aliphatic heterocycles. The minimum atomic E-state index is -4.00. The van der Waals surface area contributed by atoms with Crippen LogP contribution in [-0.2, 0) is 14.8 Å². The number of nitrogens with one attached hydrogen (secondary N) is 1. The number of hydrazine groups is 1. The summed E-state index contributed by atoms with van der Waals surface area (Å²) in [5.41, 5.74) is 0.762. The standard InChI is InChI=1S/C16H15FN2O4S2/c1-23-13-6-2-11(3-7-13)16-19(15(20)10-24-16)18-25(21,22)14-8-4-12(17)5-9-14/h2-9,16,18H,10H2,1H3. The van der Waals surface area contributed by atoms with Gasteiger partial charge in [0.25, 0.3) is 10.0 Å². The first kappa shape index (κ1) is 17.7. The SMILES string of the molecule is COc1ccc(C2SCC(=O)N2NS(=O)(=O)c2ccc(F)cc2)cc1. The van der Waals surface area contributed by atoms with Crippen LogP contribution in [0.15, 0.2) is 53.4 Å². The van der Waals surface area contributed by atoms with E-state index in [-0.39, 0.29) is 16.6 Å². The van der Waals surface area contributed by atoms with Crippen molar-refractivity contribution in [2.45, 2.75) is 10.3 Å². The predicted octanol–water partition coefficient (Wildman–Crippen LogP) is 2.30. The summed E-state index contributed by atoms with van der Waals surface area (Å²) in [4.78, 5) is 14.3. The molecule has 1 unspecified atom stereocenters. The van der Waals surface area contributed by atoms with Crippen molar-refractivity contribution in [3.63, 3.8) is 0 Å². The summed E-state index contributed by atoms with van der Waals surface area (Å²) < 4.78 is 43.0. The summed E-state index contributed by atoms with van der Waals surface area (Å²) in [7, 11) is -2.45. The van der Waals surface area contributed by atoms with Crippen molar-refractivity contribution in [1.82, 2.24) is 9.84 Å². The Morgan fingerprint density at radius 3 is 2.40 bits per heavy atom. The van der Waals surface area contributed by atoms with Gasteiger partial charge in [0, 0.05) is 0 Å². The molecule has 1 heterocycles. The van der Waals surface area contributed by atoms with Gasteiger partial charge in [-0.25, -0.2) is 17.8 Å². The third kappa shape index (κ3) is 3.78. The van der Waals surface area contributed by atoms with Gasteiger partial charge in [0.2, 0.25) is 5.91 Å². The zero-order valence-corrected chi connectivity index (χ0v) is 14.8. The van der Waals surface area contributed by atoms with Gasteiger partial charge in [-0.2, -0.15) is 0 Å². The molecule has 0 radical (unpaired) electrons. The molecule has 0 spiro atoms. The van der Waals surface area contributed by atoms with Crippen LogP contribution in [0.3, 0.4) is 0 Å². The Balaban J connectivity index is 1.85. The molecule has 0 aromatic heterocycles. The van der Waals surface area contributed by atoms with Gasteiger partial charge in [-0.05, 0) is 42.0 Å². The predicted molar refractivity (Wildman–Crippen MR) is 91.8 cm³/mol. The molecule has 0 saturated carbocycles. The molecule has 9 heteroatoms. The van der Waals surface area contributed by atoms with Gasteiger partial charge < -0.3 is 4.74 Å². The number of ether oxygens (including phenoxy) is 1. The second-order valence-corrected chi connectivity index (χ2v) is 7.98. The summed E-state index contributed by atoms with van der Waals surface area (Å²) in [6, 6.07) is 11.4. The fourth-order valence-corrected chi connectivity index (χ4v) is 4.57. The number of nitrogens with zero attached hydrogens (tertiary/aromatic N) is 1. The number of benzene rings is 2. The van der Waals surface area contributed by atoms with Crippen LogP contribution in [0.1, 0.15) is 10.9 Å². The molecule has 2 aromatic rings. The molecule has 2 aromatic carbocycles. The van der Waals surface area contributed by atoms with E-state index in [0.29, 0.717) is 5.75 Å².